The van der Waals surface area contributed by atoms with E-state index in [1.807, 2.05) is 0 Å². The van der Waals surface area contributed by atoms with Crippen LogP contribution >= 0.6 is 0 Å². The Kier molecular flexibility index (Phi) is 3.49. The SMILES string of the molecule is CCOC(=O)/C=C\OC(=O)C1CC1. The molecule has 0 aliphatic heterocycles. The molecule has 0 saturated heterocycles. The molecule has 1 fully saturated rings. The highest BCUT2D eigenvalue weighted by Crippen LogP contribution is 2.29. The molecule has 0 heterocycles. The van der Waals surface area contributed by atoms with Gasteiger partial charge in [0.25, 0.3) is 0 Å². The normalized spacial score (nSPS) is 15.8. The molecule has 0 N–H and O–H groups in total. The summed E-state index contributed by atoms with van der Waals surface area (Å²) in [6, 6.07) is 0. The smallest absolute Gasteiger partial charge is 0.333 e. The monoisotopic (exact) mass is 184 g/mol. The van der Waals surface area contributed by atoms with E-state index in [9.17, 15) is 9.59 Å². The summed E-state index contributed by atoms with van der Waals surface area (Å²) in [7, 11) is 0. The van der Waals surface area contributed by atoms with Gasteiger partial charge in [-0.05, 0) is 19.8 Å². The Labute approximate surface area is 76.5 Å². The van der Waals surface area contributed by atoms with Crippen molar-refractivity contribution in [2.24, 2.45) is 5.92 Å². The summed E-state index contributed by atoms with van der Waals surface area (Å²) in [6.45, 7) is 2.03. The third-order valence-electron chi connectivity index (χ3n) is 1.59. The zero-order valence-electron chi connectivity index (χ0n) is 7.49. The first-order chi connectivity index (χ1) is 6.24. The Bertz CT molecular complexity index is 228. The molecule has 0 aromatic heterocycles. The molecule has 0 atom stereocenters. The average molecular weight is 184 g/mol. The molecule has 1 rings (SSSR count). The minimum absolute atomic E-state index is 0.0480. The Hall–Kier alpha value is -1.32. The van der Waals surface area contributed by atoms with E-state index in [0.717, 1.165) is 25.2 Å². The van der Waals surface area contributed by atoms with E-state index in [1.165, 1.54) is 0 Å². The zero-order valence-corrected chi connectivity index (χ0v) is 7.49. The minimum Gasteiger partial charge on any atom is -0.463 e. The van der Waals surface area contributed by atoms with Crippen molar-refractivity contribution in [3.8, 4) is 0 Å². The van der Waals surface area contributed by atoms with Crippen molar-refractivity contribution in [3.63, 3.8) is 0 Å². The fourth-order valence-corrected chi connectivity index (χ4v) is 0.762. The fraction of sp³-hybridized carbons (Fsp3) is 0.556. The molecule has 0 aromatic carbocycles. The van der Waals surface area contributed by atoms with Gasteiger partial charge in [0.05, 0.1) is 18.6 Å². The van der Waals surface area contributed by atoms with Crippen LogP contribution in [0.1, 0.15) is 19.8 Å². The first-order valence-corrected chi connectivity index (χ1v) is 4.28. The molecule has 72 valence electrons. The molecule has 13 heavy (non-hydrogen) atoms. The van der Waals surface area contributed by atoms with E-state index in [0.29, 0.717) is 6.61 Å². The molecule has 4 heteroatoms. The number of carbonyl (C=O) groups excluding carboxylic acids is 2. The van der Waals surface area contributed by atoms with Gasteiger partial charge in [-0.25, -0.2) is 4.79 Å². The summed E-state index contributed by atoms with van der Waals surface area (Å²) in [5.74, 6) is -0.710. The number of esters is 2. The zero-order chi connectivity index (χ0) is 9.68. The third kappa shape index (κ3) is 3.73. The Balaban J connectivity index is 2.16. The van der Waals surface area contributed by atoms with Crippen LogP contribution in [0.4, 0.5) is 0 Å². The summed E-state index contributed by atoms with van der Waals surface area (Å²) >= 11 is 0. The lowest BCUT2D eigenvalue weighted by Crippen LogP contribution is -2.03. The molecule has 0 bridgehead atoms. The van der Waals surface area contributed by atoms with Crippen LogP contribution in [0.25, 0.3) is 0 Å². The van der Waals surface area contributed by atoms with Crippen molar-refractivity contribution in [3.05, 3.63) is 12.3 Å². The van der Waals surface area contributed by atoms with Crippen LogP contribution in [0, 0.1) is 5.92 Å². The molecule has 1 saturated carbocycles. The third-order valence-corrected chi connectivity index (χ3v) is 1.59. The van der Waals surface area contributed by atoms with Crippen LogP contribution in [-0.2, 0) is 19.1 Å². The van der Waals surface area contributed by atoms with E-state index in [-0.39, 0.29) is 11.9 Å². The second-order valence-electron chi connectivity index (χ2n) is 2.77. The first-order valence-electron chi connectivity index (χ1n) is 4.28. The summed E-state index contributed by atoms with van der Waals surface area (Å²) in [5, 5.41) is 0. The lowest BCUT2D eigenvalue weighted by atomic mass is 10.4. The summed E-state index contributed by atoms with van der Waals surface area (Å²) in [6.07, 6.45) is 3.97. The van der Waals surface area contributed by atoms with Crippen molar-refractivity contribution >= 4 is 11.9 Å². The molecule has 1 aliphatic rings. The van der Waals surface area contributed by atoms with Crippen molar-refractivity contribution in [2.75, 3.05) is 6.61 Å². The maximum absolute atomic E-state index is 10.9. The fourth-order valence-electron chi connectivity index (χ4n) is 0.762. The standard InChI is InChI=1S/C9H12O4/c1-2-12-8(10)5-6-13-9(11)7-3-4-7/h5-7H,2-4H2,1H3/b6-5-. The van der Waals surface area contributed by atoms with Gasteiger partial charge in [-0.2, -0.15) is 0 Å². The molecule has 0 spiro atoms. The molecule has 1 aliphatic carbocycles. The van der Waals surface area contributed by atoms with Crippen molar-refractivity contribution in [2.45, 2.75) is 19.8 Å². The number of carbonyl (C=O) groups is 2. The molecule has 0 amide bonds. The van der Waals surface area contributed by atoms with Gasteiger partial charge >= 0.3 is 11.9 Å². The molecule has 0 unspecified atom stereocenters. The maximum Gasteiger partial charge on any atom is 0.333 e. The minimum atomic E-state index is -0.494. The summed E-state index contributed by atoms with van der Waals surface area (Å²) < 4.78 is 9.25. The predicted octanol–water partition coefficient (Wildman–Crippen LogP) is 1.02. The van der Waals surface area contributed by atoms with Crippen LogP contribution in [0.15, 0.2) is 12.3 Å². The van der Waals surface area contributed by atoms with Gasteiger partial charge in [0, 0.05) is 0 Å². The Morgan fingerprint density at radius 2 is 2.15 bits per heavy atom. The van der Waals surface area contributed by atoms with Crippen LogP contribution in [0.3, 0.4) is 0 Å². The van der Waals surface area contributed by atoms with Crippen molar-refractivity contribution in [1.29, 1.82) is 0 Å². The predicted molar refractivity (Wildman–Crippen MR) is 44.6 cm³/mol. The number of rotatable bonds is 4. The number of ether oxygens (including phenoxy) is 2. The molecular formula is C9H12O4. The number of hydrogen-bond acceptors (Lipinski definition) is 4. The van der Waals surface area contributed by atoms with E-state index >= 15 is 0 Å². The van der Waals surface area contributed by atoms with Crippen molar-refractivity contribution in [1.82, 2.24) is 0 Å². The van der Waals surface area contributed by atoms with E-state index in [1.54, 1.807) is 6.92 Å². The topological polar surface area (TPSA) is 52.6 Å². The second kappa shape index (κ2) is 4.64. The molecule has 4 nitrogen and oxygen atoms in total. The second-order valence-corrected chi connectivity index (χ2v) is 2.77. The first kappa shape index (κ1) is 9.77. The van der Waals surface area contributed by atoms with Gasteiger partial charge < -0.3 is 9.47 Å². The highest BCUT2D eigenvalue weighted by molar-refractivity contribution is 5.82. The van der Waals surface area contributed by atoms with Gasteiger partial charge in [0.1, 0.15) is 6.26 Å². The maximum atomic E-state index is 10.9. The lowest BCUT2D eigenvalue weighted by molar-refractivity contribution is -0.139. The van der Waals surface area contributed by atoms with Crippen LogP contribution in [-0.4, -0.2) is 18.5 Å². The van der Waals surface area contributed by atoms with Crippen LogP contribution < -0.4 is 0 Å². The van der Waals surface area contributed by atoms with E-state index in [4.69, 9.17) is 0 Å². The summed E-state index contributed by atoms with van der Waals surface area (Å²) in [4.78, 5) is 21.6. The van der Waals surface area contributed by atoms with Gasteiger partial charge in [-0.1, -0.05) is 0 Å². The Morgan fingerprint density at radius 3 is 2.69 bits per heavy atom. The Morgan fingerprint density at radius 1 is 1.46 bits per heavy atom. The molecule has 0 aromatic rings. The highest BCUT2D eigenvalue weighted by Gasteiger charge is 2.30. The largest absolute Gasteiger partial charge is 0.463 e. The van der Waals surface area contributed by atoms with Gasteiger partial charge in [0.2, 0.25) is 0 Å². The van der Waals surface area contributed by atoms with Gasteiger partial charge in [-0.15, -0.1) is 0 Å². The molecular weight excluding hydrogens is 172 g/mol. The molecule has 0 radical (unpaired) electrons. The van der Waals surface area contributed by atoms with Crippen LogP contribution in [0.2, 0.25) is 0 Å². The quantitative estimate of drug-likeness (QED) is 0.372. The van der Waals surface area contributed by atoms with E-state index < -0.39 is 5.97 Å². The lowest BCUT2D eigenvalue weighted by Gasteiger charge is -1.96. The van der Waals surface area contributed by atoms with Crippen molar-refractivity contribution < 1.29 is 19.1 Å². The van der Waals surface area contributed by atoms with Gasteiger partial charge in [0.15, 0.2) is 0 Å². The van der Waals surface area contributed by atoms with Crippen LogP contribution in [0.5, 0.6) is 0 Å². The average Bonchev–Trinajstić information content (AvgIpc) is 2.86. The van der Waals surface area contributed by atoms with Gasteiger partial charge in [-0.3, -0.25) is 4.79 Å². The summed E-state index contributed by atoms with van der Waals surface area (Å²) in [5.41, 5.74) is 0. The highest BCUT2D eigenvalue weighted by atomic mass is 16.5. The number of hydrogen-bond donors (Lipinski definition) is 0. The van der Waals surface area contributed by atoms with E-state index in [2.05, 4.69) is 9.47 Å².